The Bertz CT molecular complexity index is 542. The van der Waals surface area contributed by atoms with Crippen LogP contribution in [0.3, 0.4) is 0 Å². The van der Waals surface area contributed by atoms with Crippen molar-refractivity contribution in [3.63, 3.8) is 0 Å². The molecule has 0 radical (unpaired) electrons. The van der Waals surface area contributed by atoms with Crippen molar-refractivity contribution >= 4 is 11.6 Å². The molecule has 0 aliphatic rings. The predicted octanol–water partition coefficient (Wildman–Crippen LogP) is 1.24. The summed E-state index contributed by atoms with van der Waals surface area (Å²) < 4.78 is 1.99. The van der Waals surface area contributed by atoms with Crippen molar-refractivity contribution in [2.75, 3.05) is 7.05 Å². The molecule has 2 heterocycles. The Morgan fingerprint density at radius 2 is 2.25 bits per heavy atom. The summed E-state index contributed by atoms with van der Waals surface area (Å²) in [4.78, 5) is 15.9. The third-order valence-electron chi connectivity index (χ3n) is 2.75. The molecule has 0 spiro atoms. The summed E-state index contributed by atoms with van der Waals surface area (Å²) in [7, 11) is 1.64. The van der Waals surface area contributed by atoms with Crippen molar-refractivity contribution in [2.45, 2.75) is 20.3 Å². The largest absolute Gasteiger partial charge is 0.359 e. The maximum atomic E-state index is 11.4. The van der Waals surface area contributed by atoms with Crippen LogP contribution in [0.1, 0.15) is 17.0 Å². The highest BCUT2D eigenvalue weighted by atomic mass is 16.1. The van der Waals surface area contributed by atoms with Crippen LogP contribution >= 0.6 is 0 Å². The minimum Gasteiger partial charge on any atom is -0.359 e. The normalized spacial score (nSPS) is 10.7. The minimum absolute atomic E-state index is 0.00593. The molecule has 0 aromatic carbocycles. The Kier molecular flexibility index (Phi) is 2.64. The van der Waals surface area contributed by atoms with Gasteiger partial charge in [-0.05, 0) is 25.5 Å². The van der Waals surface area contributed by atoms with Gasteiger partial charge in [-0.1, -0.05) is 6.07 Å². The Labute approximate surface area is 94.3 Å². The minimum atomic E-state index is 0.00593. The van der Waals surface area contributed by atoms with Gasteiger partial charge >= 0.3 is 0 Å². The number of pyridine rings is 1. The van der Waals surface area contributed by atoms with Crippen LogP contribution in [0.4, 0.5) is 0 Å². The van der Waals surface area contributed by atoms with E-state index >= 15 is 0 Å². The smallest absolute Gasteiger partial charge is 0.225 e. The number of carbonyl (C=O) groups excluding carboxylic acids is 1. The zero-order valence-electron chi connectivity index (χ0n) is 9.74. The lowest BCUT2D eigenvalue weighted by Gasteiger charge is -2.02. The first-order valence-electron chi connectivity index (χ1n) is 5.27. The number of aryl methyl sites for hydroxylation is 2. The van der Waals surface area contributed by atoms with Crippen LogP contribution in [0.15, 0.2) is 18.3 Å². The Morgan fingerprint density at radius 1 is 1.50 bits per heavy atom. The first kappa shape index (κ1) is 10.7. The van der Waals surface area contributed by atoms with E-state index in [9.17, 15) is 4.79 Å². The maximum absolute atomic E-state index is 11.4. The number of fused-ring (bicyclic) bond motifs is 1. The van der Waals surface area contributed by atoms with E-state index < -0.39 is 0 Å². The molecule has 4 heteroatoms. The summed E-state index contributed by atoms with van der Waals surface area (Å²) in [6, 6.07) is 3.99. The summed E-state index contributed by atoms with van der Waals surface area (Å²) in [5, 5.41) is 2.63. The molecule has 0 unspecified atom stereocenters. The number of hydrogen-bond donors (Lipinski definition) is 1. The van der Waals surface area contributed by atoms with Gasteiger partial charge in [-0.3, -0.25) is 4.79 Å². The first-order valence-corrected chi connectivity index (χ1v) is 5.27. The number of likely N-dealkylation sites (N-methyl/N-ethyl adjacent to an activating group) is 1. The quantitative estimate of drug-likeness (QED) is 0.822. The van der Waals surface area contributed by atoms with Gasteiger partial charge in [0.05, 0.1) is 17.8 Å². The number of amides is 1. The van der Waals surface area contributed by atoms with Gasteiger partial charge in [-0.15, -0.1) is 0 Å². The molecule has 1 N–H and O–H groups in total. The second-order valence-corrected chi connectivity index (χ2v) is 3.88. The molecule has 16 heavy (non-hydrogen) atoms. The van der Waals surface area contributed by atoms with E-state index in [1.54, 1.807) is 7.05 Å². The monoisotopic (exact) mass is 217 g/mol. The van der Waals surface area contributed by atoms with Crippen LogP contribution in [0.5, 0.6) is 0 Å². The molecule has 0 atom stereocenters. The van der Waals surface area contributed by atoms with Crippen LogP contribution in [-0.2, 0) is 11.2 Å². The predicted molar refractivity (Wildman–Crippen MR) is 62.4 cm³/mol. The third kappa shape index (κ3) is 1.66. The van der Waals surface area contributed by atoms with Gasteiger partial charge in [-0.25, -0.2) is 4.98 Å². The molecule has 0 saturated heterocycles. The van der Waals surface area contributed by atoms with Crippen molar-refractivity contribution < 1.29 is 4.79 Å². The van der Waals surface area contributed by atoms with E-state index in [4.69, 9.17) is 0 Å². The molecule has 0 aliphatic carbocycles. The summed E-state index contributed by atoms with van der Waals surface area (Å²) in [5.74, 6) is 0.00593. The molecule has 4 nitrogen and oxygen atoms in total. The summed E-state index contributed by atoms with van der Waals surface area (Å²) >= 11 is 0. The Morgan fingerprint density at radius 3 is 2.94 bits per heavy atom. The number of nitrogens with one attached hydrogen (secondary N) is 1. The van der Waals surface area contributed by atoms with E-state index in [0.717, 1.165) is 22.6 Å². The van der Waals surface area contributed by atoms with Crippen molar-refractivity contribution in [3.05, 3.63) is 35.3 Å². The summed E-state index contributed by atoms with van der Waals surface area (Å²) in [5.41, 5.74) is 3.92. The molecule has 0 fully saturated rings. The fraction of sp³-hybridized carbons (Fsp3) is 0.333. The van der Waals surface area contributed by atoms with Crippen LogP contribution in [0.2, 0.25) is 0 Å². The molecule has 2 rings (SSSR count). The lowest BCUT2D eigenvalue weighted by atomic mass is 10.2. The first-order chi connectivity index (χ1) is 7.63. The van der Waals surface area contributed by atoms with E-state index in [2.05, 4.69) is 10.3 Å². The second kappa shape index (κ2) is 3.96. The highest BCUT2D eigenvalue weighted by molar-refractivity contribution is 5.78. The molecule has 1 amide bonds. The van der Waals surface area contributed by atoms with Crippen LogP contribution in [0, 0.1) is 13.8 Å². The number of rotatable bonds is 2. The van der Waals surface area contributed by atoms with Gasteiger partial charge in [0, 0.05) is 13.2 Å². The lowest BCUT2D eigenvalue weighted by Crippen LogP contribution is -2.21. The van der Waals surface area contributed by atoms with E-state index in [1.165, 1.54) is 0 Å². The average Bonchev–Trinajstić information content (AvgIpc) is 2.58. The van der Waals surface area contributed by atoms with Gasteiger partial charge < -0.3 is 9.72 Å². The zero-order valence-corrected chi connectivity index (χ0v) is 9.74. The number of carbonyl (C=O) groups is 1. The molecule has 2 aromatic rings. The average molecular weight is 217 g/mol. The molecule has 0 saturated carbocycles. The van der Waals surface area contributed by atoms with Crippen LogP contribution in [-0.4, -0.2) is 22.3 Å². The third-order valence-corrected chi connectivity index (χ3v) is 2.75. The number of imidazole rings is 1. The number of aromatic nitrogens is 2. The van der Waals surface area contributed by atoms with Crippen molar-refractivity contribution in [3.8, 4) is 0 Å². The number of hydrogen-bond acceptors (Lipinski definition) is 2. The standard InChI is InChI=1S/C12H15N3O/c1-8-5-4-6-15-10(7-11(16)13-3)9(2)14-12(8)15/h4-6H,7H2,1-3H3,(H,13,16). The molecular formula is C12H15N3O. The van der Waals surface area contributed by atoms with Gasteiger partial charge in [0.15, 0.2) is 0 Å². The second-order valence-electron chi connectivity index (χ2n) is 3.88. The van der Waals surface area contributed by atoms with Crippen molar-refractivity contribution in [1.29, 1.82) is 0 Å². The highest BCUT2D eigenvalue weighted by Crippen LogP contribution is 2.15. The van der Waals surface area contributed by atoms with Crippen molar-refractivity contribution in [1.82, 2.24) is 14.7 Å². The highest BCUT2D eigenvalue weighted by Gasteiger charge is 2.12. The van der Waals surface area contributed by atoms with Gasteiger partial charge in [0.25, 0.3) is 0 Å². The molecule has 84 valence electrons. The fourth-order valence-electron chi connectivity index (χ4n) is 1.82. The molecule has 2 aromatic heterocycles. The van der Waals surface area contributed by atoms with E-state index in [-0.39, 0.29) is 5.91 Å². The topological polar surface area (TPSA) is 46.4 Å². The van der Waals surface area contributed by atoms with Crippen molar-refractivity contribution in [2.24, 2.45) is 0 Å². The Hall–Kier alpha value is -1.84. The maximum Gasteiger partial charge on any atom is 0.225 e. The van der Waals surface area contributed by atoms with E-state index in [0.29, 0.717) is 6.42 Å². The van der Waals surface area contributed by atoms with E-state index in [1.807, 2.05) is 36.6 Å². The van der Waals surface area contributed by atoms with Gasteiger partial charge in [0.1, 0.15) is 5.65 Å². The molecular weight excluding hydrogens is 202 g/mol. The van der Waals surface area contributed by atoms with Crippen LogP contribution in [0.25, 0.3) is 5.65 Å². The lowest BCUT2D eigenvalue weighted by molar-refractivity contribution is -0.120. The molecule has 0 aliphatic heterocycles. The molecule has 0 bridgehead atoms. The fourth-order valence-corrected chi connectivity index (χ4v) is 1.82. The van der Waals surface area contributed by atoms with Gasteiger partial charge in [0.2, 0.25) is 5.91 Å². The van der Waals surface area contributed by atoms with Crippen LogP contribution < -0.4 is 5.32 Å². The Balaban J connectivity index is 2.56. The summed E-state index contributed by atoms with van der Waals surface area (Å²) in [6.45, 7) is 3.95. The summed E-state index contributed by atoms with van der Waals surface area (Å²) in [6.07, 6.45) is 2.31. The number of nitrogens with zero attached hydrogens (tertiary/aromatic N) is 2. The zero-order chi connectivity index (χ0) is 11.7. The van der Waals surface area contributed by atoms with Gasteiger partial charge in [-0.2, -0.15) is 0 Å². The SMILES string of the molecule is CNC(=O)Cc1c(C)nc2c(C)cccn12.